The lowest BCUT2D eigenvalue weighted by Crippen LogP contribution is -2.28. The molecule has 0 saturated carbocycles. The van der Waals surface area contributed by atoms with Gasteiger partial charge in [0.2, 0.25) is 5.91 Å². The third-order valence-corrected chi connectivity index (χ3v) is 7.19. The van der Waals surface area contributed by atoms with Gasteiger partial charge in [-0.1, -0.05) is 42.1 Å². The Morgan fingerprint density at radius 3 is 2.74 bits per heavy atom. The van der Waals surface area contributed by atoms with E-state index < -0.39 is 0 Å². The van der Waals surface area contributed by atoms with Crippen molar-refractivity contribution in [2.45, 2.75) is 37.2 Å². The highest BCUT2D eigenvalue weighted by Gasteiger charge is 2.17. The number of ether oxygens (including phenoxy) is 1. The number of thioether (sulfide) groups is 1. The van der Waals surface area contributed by atoms with Crippen molar-refractivity contribution in [3.63, 3.8) is 0 Å². The van der Waals surface area contributed by atoms with Crippen LogP contribution < -0.4 is 10.9 Å². The number of methoxy groups -OCH3 is 1. The van der Waals surface area contributed by atoms with E-state index in [1.807, 2.05) is 61.7 Å². The fourth-order valence-electron chi connectivity index (χ4n) is 3.61. The molecule has 0 aliphatic heterocycles. The number of thiazole rings is 1. The highest BCUT2D eigenvalue weighted by atomic mass is 32.2. The van der Waals surface area contributed by atoms with Crippen LogP contribution in [0.4, 0.5) is 5.69 Å². The highest BCUT2D eigenvalue weighted by molar-refractivity contribution is 7.98. The van der Waals surface area contributed by atoms with Gasteiger partial charge in [-0.15, -0.1) is 11.3 Å². The van der Waals surface area contributed by atoms with E-state index in [4.69, 9.17) is 9.72 Å². The van der Waals surface area contributed by atoms with Crippen molar-refractivity contribution < 1.29 is 9.53 Å². The Kier molecular flexibility index (Phi) is 7.77. The third-order valence-electron chi connectivity index (χ3n) is 5.30. The maximum Gasteiger partial charge on any atom is 0.262 e. The second kappa shape index (κ2) is 10.9. The fraction of sp³-hybridized carbons (Fsp3) is 0.280. The van der Waals surface area contributed by atoms with E-state index in [9.17, 15) is 9.59 Å². The monoisotopic (exact) mass is 494 g/mol. The molecule has 2 aromatic heterocycles. The molecule has 0 aliphatic rings. The van der Waals surface area contributed by atoms with Crippen molar-refractivity contribution in [3.8, 4) is 0 Å². The Hall–Kier alpha value is -3.01. The number of carbonyl (C=O) groups is 1. The van der Waals surface area contributed by atoms with Crippen LogP contribution in [0.25, 0.3) is 10.9 Å². The van der Waals surface area contributed by atoms with E-state index in [0.29, 0.717) is 28.4 Å². The number of hydrogen-bond donors (Lipinski definition) is 1. The number of fused-ring (bicyclic) bond motifs is 1. The molecule has 0 fully saturated rings. The van der Waals surface area contributed by atoms with E-state index in [-0.39, 0.29) is 23.9 Å². The summed E-state index contributed by atoms with van der Waals surface area (Å²) in [5.74, 6) is 0.446. The number of amides is 1. The lowest BCUT2D eigenvalue weighted by Gasteiger charge is -2.18. The quantitative estimate of drug-likeness (QED) is 0.265. The normalized spacial score (nSPS) is 12.1. The van der Waals surface area contributed by atoms with Crippen LogP contribution in [0.2, 0.25) is 0 Å². The molecule has 176 valence electrons. The Labute approximate surface area is 206 Å². The fourth-order valence-corrected chi connectivity index (χ4v) is 5.50. The maximum absolute atomic E-state index is 13.2. The summed E-state index contributed by atoms with van der Waals surface area (Å²) in [4.78, 5) is 35.0. The van der Waals surface area contributed by atoms with Crippen LogP contribution in [0.1, 0.15) is 29.2 Å². The summed E-state index contributed by atoms with van der Waals surface area (Å²) < 4.78 is 6.98. The van der Waals surface area contributed by atoms with Crippen molar-refractivity contribution in [1.82, 2.24) is 14.5 Å². The average molecular weight is 495 g/mol. The topological polar surface area (TPSA) is 86.1 Å². The summed E-state index contributed by atoms with van der Waals surface area (Å²) in [6.07, 6.45) is 0.216. The molecule has 4 aromatic rings. The number of aromatic nitrogens is 3. The number of carbonyl (C=O) groups excluding carboxylic acids is 1. The van der Waals surface area contributed by atoms with Gasteiger partial charge in [0.1, 0.15) is 5.01 Å². The number of aryl methyl sites for hydroxylation is 1. The van der Waals surface area contributed by atoms with Crippen LogP contribution in [0.5, 0.6) is 0 Å². The van der Waals surface area contributed by atoms with Crippen molar-refractivity contribution in [3.05, 3.63) is 80.5 Å². The molecule has 0 saturated heterocycles. The first-order valence-electron chi connectivity index (χ1n) is 10.9. The average Bonchev–Trinajstić information content (AvgIpc) is 3.26. The molecule has 0 spiro atoms. The Bertz CT molecular complexity index is 1370. The Balaban J connectivity index is 1.48. The predicted molar refractivity (Wildman–Crippen MR) is 138 cm³/mol. The summed E-state index contributed by atoms with van der Waals surface area (Å²) in [5.41, 5.74) is 3.27. The molecule has 0 unspecified atom stereocenters. The number of nitrogens with zero attached hydrogens (tertiary/aromatic N) is 3. The first kappa shape index (κ1) is 24.1. The molecule has 0 radical (unpaired) electrons. The van der Waals surface area contributed by atoms with E-state index in [1.165, 1.54) is 23.1 Å². The molecule has 1 N–H and O–H groups in total. The van der Waals surface area contributed by atoms with Crippen LogP contribution in [0.3, 0.4) is 0 Å². The zero-order valence-electron chi connectivity index (χ0n) is 19.3. The van der Waals surface area contributed by atoms with E-state index in [2.05, 4.69) is 10.3 Å². The number of nitrogens with one attached hydrogen (secondary N) is 1. The molecule has 1 atom stereocenters. The van der Waals surface area contributed by atoms with Gasteiger partial charge >= 0.3 is 0 Å². The van der Waals surface area contributed by atoms with Crippen LogP contribution in [-0.2, 0) is 21.7 Å². The van der Waals surface area contributed by atoms with Crippen molar-refractivity contribution in [2.24, 2.45) is 0 Å². The minimum absolute atomic E-state index is 0.0792. The molecular weight excluding hydrogens is 468 g/mol. The van der Waals surface area contributed by atoms with E-state index >= 15 is 0 Å². The lowest BCUT2D eigenvalue weighted by atomic mass is 10.2. The first-order valence-corrected chi connectivity index (χ1v) is 12.7. The Morgan fingerprint density at radius 2 is 1.94 bits per heavy atom. The van der Waals surface area contributed by atoms with Gasteiger partial charge in [0.25, 0.3) is 5.56 Å². The first-order chi connectivity index (χ1) is 16.5. The number of benzene rings is 2. The van der Waals surface area contributed by atoms with Gasteiger partial charge in [-0.3, -0.25) is 14.2 Å². The molecule has 2 aromatic carbocycles. The van der Waals surface area contributed by atoms with Crippen molar-refractivity contribution in [1.29, 1.82) is 0 Å². The molecule has 9 heteroatoms. The van der Waals surface area contributed by atoms with Crippen LogP contribution in [-0.4, -0.2) is 34.2 Å². The predicted octanol–water partition coefficient (Wildman–Crippen LogP) is 4.84. The largest absolute Gasteiger partial charge is 0.383 e. The zero-order valence-corrected chi connectivity index (χ0v) is 20.9. The summed E-state index contributed by atoms with van der Waals surface area (Å²) in [6, 6.07) is 14.9. The molecule has 0 bridgehead atoms. The molecule has 0 aliphatic carbocycles. The van der Waals surface area contributed by atoms with Gasteiger partial charge in [0.05, 0.1) is 35.7 Å². The second-order valence-corrected chi connectivity index (χ2v) is 9.84. The smallest absolute Gasteiger partial charge is 0.262 e. The van der Waals surface area contributed by atoms with Crippen molar-refractivity contribution >= 4 is 45.6 Å². The Morgan fingerprint density at radius 1 is 1.18 bits per heavy atom. The summed E-state index contributed by atoms with van der Waals surface area (Å²) in [6.45, 7) is 4.31. The number of para-hydroxylation sites is 2. The summed E-state index contributed by atoms with van der Waals surface area (Å²) in [5, 5.41) is 6.86. The summed E-state index contributed by atoms with van der Waals surface area (Å²) in [7, 11) is 1.62. The molecule has 4 rings (SSSR count). The van der Waals surface area contributed by atoms with Gasteiger partial charge < -0.3 is 10.1 Å². The molecular formula is C25H26N4O3S2. The van der Waals surface area contributed by atoms with E-state index in [1.54, 1.807) is 17.7 Å². The van der Waals surface area contributed by atoms with Gasteiger partial charge in [0, 0.05) is 23.9 Å². The van der Waals surface area contributed by atoms with Gasteiger partial charge in [-0.2, -0.15) is 0 Å². The van der Waals surface area contributed by atoms with Crippen LogP contribution in [0, 0.1) is 6.92 Å². The number of rotatable bonds is 9. The molecule has 2 heterocycles. The van der Waals surface area contributed by atoms with Gasteiger partial charge in [-0.05, 0) is 37.6 Å². The molecule has 34 heavy (non-hydrogen) atoms. The van der Waals surface area contributed by atoms with Gasteiger partial charge in [0.15, 0.2) is 5.16 Å². The minimum atomic E-state index is -0.159. The van der Waals surface area contributed by atoms with Crippen LogP contribution in [0.15, 0.2) is 63.9 Å². The standard InChI is InChI=1S/C25H26N4O3S2/c1-16-8-4-6-10-20(16)27-22(30)12-23-26-18(14-33-23)15-34-25-28-21-11-7-5-9-19(21)24(31)29(25)17(2)13-32-3/h4-11,14,17H,12-13,15H2,1-3H3,(H,27,30)/t17-/m1/s1. The second-order valence-electron chi connectivity index (χ2n) is 7.95. The van der Waals surface area contributed by atoms with E-state index in [0.717, 1.165) is 22.0 Å². The van der Waals surface area contributed by atoms with Crippen LogP contribution >= 0.6 is 23.1 Å². The SMILES string of the molecule is COC[C@@H](C)n1c(SCc2csc(CC(=O)Nc3ccccc3C)n2)nc2ccccc2c1=O. The lowest BCUT2D eigenvalue weighted by molar-refractivity contribution is -0.115. The number of anilines is 1. The molecule has 1 amide bonds. The minimum Gasteiger partial charge on any atom is -0.383 e. The maximum atomic E-state index is 13.2. The summed E-state index contributed by atoms with van der Waals surface area (Å²) >= 11 is 2.92. The van der Waals surface area contributed by atoms with Crippen molar-refractivity contribution in [2.75, 3.05) is 19.0 Å². The third kappa shape index (κ3) is 5.55. The number of hydrogen-bond acceptors (Lipinski definition) is 7. The highest BCUT2D eigenvalue weighted by Crippen LogP contribution is 2.25. The van der Waals surface area contributed by atoms with Gasteiger partial charge in [-0.25, -0.2) is 9.97 Å². The molecule has 7 nitrogen and oxygen atoms in total. The zero-order chi connectivity index (χ0) is 24.1.